The van der Waals surface area contributed by atoms with Crippen molar-refractivity contribution in [3.63, 3.8) is 0 Å². The zero-order valence-electron chi connectivity index (χ0n) is 5.54. The Kier molecular flexibility index (Phi) is 2.57. The molecule has 0 fully saturated rings. The summed E-state index contributed by atoms with van der Waals surface area (Å²) in [5.74, 6) is -1.90. The third kappa shape index (κ3) is 1.28. The molecule has 0 unspecified atom stereocenters. The Hall–Kier alpha value is -0.370. The summed E-state index contributed by atoms with van der Waals surface area (Å²) < 4.78 is -0.122. The van der Waals surface area contributed by atoms with E-state index in [4.69, 9.17) is 20.4 Å². The summed E-state index contributed by atoms with van der Waals surface area (Å²) in [6.45, 7) is 0. The van der Waals surface area contributed by atoms with Gasteiger partial charge in [0.2, 0.25) is 0 Å². The molecule has 4 nitrogen and oxygen atoms in total. The first-order valence-corrected chi connectivity index (χ1v) is 4.64. The molecule has 12 heavy (non-hydrogen) atoms. The van der Waals surface area contributed by atoms with Gasteiger partial charge in [0.1, 0.15) is 8.04 Å². The lowest BCUT2D eigenvalue weighted by Crippen LogP contribution is -1.81. The van der Waals surface area contributed by atoms with Gasteiger partial charge in [-0.2, -0.15) is 0 Å². The van der Waals surface area contributed by atoms with Gasteiger partial charge in [-0.1, -0.05) is 0 Å². The molecule has 0 aromatic heterocycles. The van der Waals surface area contributed by atoms with E-state index in [1.807, 2.05) is 0 Å². The molecule has 66 valence electrons. The van der Waals surface area contributed by atoms with Gasteiger partial charge in [0, 0.05) is 0 Å². The summed E-state index contributed by atoms with van der Waals surface area (Å²) in [6.07, 6.45) is 0. The van der Waals surface area contributed by atoms with Crippen molar-refractivity contribution < 1.29 is 20.4 Å². The van der Waals surface area contributed by atoms with Crippen LogP contribution in [0.15, 0.2) is 4.47 Å². The number of aromatic hydroxyl groups is 4. The van der Waals surface area contributed by atoms with Crippen LogP contribution in [0.1, 0.15) is 0 Å². The minimum absolute atomic E-state index is 0.00537. The van der Waals surface area contributed by atoms with Gasteiger partial charge < -0.3 is 20.4 Å². The smallest absolute Gasteiger partial charge is 0.177 e. The molecule has 1 aromatic carbocycles. The Balaban J connectivity index is 3.60. The van der Waals surface area contributed by atoms with Gasteiger partial charge in [-0.05, 0) is 38.5 Å². The monoisotopic (exact) mass is 346 g/mol. The standard InChI is InChI=1S/C6H4BrIO4/c7-1-3(9)5(11)2(8)6(12)4(1)10/h9-12H. The second-order valence-corrected chi connectivity index (χ2v) is 3.89. The molecule has 0 atom stereocenters. The minimum Gasteiger partial charge on any atom is -0.503 e. The molecule has 0 radical (unpaired) electrons. The molecular formula is C6H4BrIO4. The highest BCUT2D eigenvalue weighted by Gasteiger charge is 2.19. The molecule has 6 heteroatoms. The minimum atomic E-state index is -0.491. The van der Waals surface area contributed by atoms with E-state index in [1.165, 1.54) is 0 Å². The molecule has 0 aliphatic heterocycles. The van der Waals surface area contributed by atoms with E-state index in [0.29, 0.717) is 0 Å². The van der Waals surface area contributed by atoms with Crippen molar-refractivity contribution in [2.75, 3.05) is 0 Å². The number of halogens is 2. The number of benzene rings is 1. The Labute approximate surface area is 89.7 Å². The molecule has 0 aliphatic rings. The van der Waals surface area contributed by atoms with Gasteiger partial charge in [-0.25, -0.2) is 0 Å². The van der Waals surface area contributed by atoms with Crippen LogP contribution < -0.4 is 0 Å². The van der Waals surface area contributed by atoms with E-state index >= 15 is 0 Å². The second-order valence-electron chi connectivity index (χ2n) is 2.02. The van der Waals surface area contributed by atoms with E-state index in [9.17, 15) is 0 Å². The molecule has 1 rings (SSSR count). The van der Waals surface area contributed by atoms with E-state index in [-0.39, 0.29) is 8.04 Å². The molecule has 1 aromatic rings. The predicted molar refractivity (Wildman–Crippen MR) is 53.5 cm³/mol. The quantitative estimate of drug-likeness (QED) is 0.328. The third-order valence-electron chi connectivity index (χ3n) is 1.28. The first kappa shape index (κ1) is 9.72. The number of hydrogen-bond acceptors (Lipinski definition) is 4. The van der Waals surface area contributed by atoms with Crippen LogP contribution in [0.25, 0.3) is 0 Å². The lowest BCUT2D eigenvalue weighted by atomic mass is 10.3. The van der Waals surface area contributed by atoms with Gasteiger partial charge in [-0.15, -0.1) is 0 Å². The van der Waals surface area contributed by atoms with Gasteiger partial charge in [-0.3, -0.25) is 0 Å². The Morgan fingerprint density at radius 1 is 0.833 bits per heavy atom. The lowest BCUT2D eigenvalue weighted by Gasteiger charge is -2.07. The van der Waals surface area contributed by atoms with Crippen molar-refractivity contribution in [1.82, 2.24) is 0 Å². The molecule has 0 bridgehead atoms. The summed E-state index contributed by atoms with van der Waals surface area (Å²) in [7, 11) is 0. The molecule has 0 saturated carbocycles. The molecule has 0 aliphatic carbocycles. The van der Waals surface area contributed by atoms with E-state index in [2.05, 4.69) is 15.9 Å². The maximum absolute atomic E-state index is 9.13. The second kappa shape index (κ2) is 3.17. The summed E-state index contributed by atoms with van der Waals surface area (Å²) >= 11 is 4.39. The average molecular weight is 347 g/mol. The molecule has 0 spiro atoms. The van der Waals surface area contributed by atoms with Crippen molar-refractivity contribution in [1.29, 1.82) is 0 Å². The number of hydrogen-bond donors (Lipinski definition) is 4. The fourth-order valence-corrected chi connectivity index (χ4v) is 1.53. The number of phenols is 4. The largest absolute Gasteiger partial charge is 0.503 e. The van der Waals surface area contributed by atoms with Gasteiger partial charge in [0.25, 0.3) is 0 Å². The maximum Gasteiger partial charge on any atom is 0.177 e. The Morgan fingerprint density at radius 3 is 1.50 bits per heavy atom. The average Bonchev–Trinajstić information content (AvgIpc) is 2.08. The first-order chi connectivity index (χ1) is 5.46. The summed E-state index contributed by atoms with van der Waals surface area (Å²) in [6, 6.07) is 0. The van der Waals surface area contributed by atoms with Crippen molar-refractivity contribution >= 4 is 38.5 Å². The summed E-state index contributed by atoms with van der Waals surface area (Å²) in [5, 5.41) is 36.5. The highest BCUT2D eigenvalue weighted by Crippen LogP contribution is 2.49. The van der Waals surface area contributed by atoms with Crippen LogP contribution in [-0.2, 0) is 0 Å². The van der Waals surface area contributed by atoms with E-state index in [1.54, 1.807) is 22.6 Å². The van der Waals surface area contributed by atoms with Crippen LogP contribution in [-0.4, -0.2) is 20.4 Å². The number of rotatable bonds is 0. The fraction of sp³-hybridized carbons (Fsp3) is 0. The highest BCUT2D eigenvalue weighted by molar-refractivity contribution is 14.1. The van der Waals surface area contributed by atoms with Crippen LogP contribution in [0, 0.1) is 3.57 Å². The predicted octanol–water partition coefficient (Wildman–Crippen LogP) is 1.88. The SMILES string of the molecule is Oc1c(O)c(I)c(O)c(O)c1Br. The molecule has 0 heterocycles. The molecule has 0 saturated heterocycles. The maximum atomic E-state index is 9.13. The zero-order chi connectivity index (χ0) is 9.46. The van der Waals surface area contributed by atoms with Crippen LogP contribution in [0.5, 0.6) is 23.0 Å². The summed E-state index contributed by atoms with van der Waals surface area (Å²) in [5.41, 5.74) is 0. The summed E-state index contributed by atoms with van der Waals surface area (Å²) in [4.78, 5) is 0. The van der Waals surface area contributed by atoms with Gasteiger partial charge >= 0.3 is 0 Å². The topological polar surface area (TPSA) is 80.9 Å². The Bertz CT molecular complexity index is 234. The van der Waals surface area contributed by atoms with Crippen LogP contribution in [0.4, 0.5) is 0 Å². The lowest BCUT2D eigenvalue weighted by molar-refractivity contribution is 0.364. The molecule has 0 amide bonds. The van der Waals surface area contributed by atoms with Crippen molar-refractivity contribution in [3.8, 4) is 23.0 Å². The normalized spacial score (nSPS) is 10.2. The fourth-order valence-electron chi connectivity index (χ4n) is 0.640. The highest BCUT2D eigenvalue weighted by atomic mass is 127. The third-order valence-corrected chi connectivity index (χ3v) is 3.05. The van der Waals surface area contributed by atoms with Crippen LogP contribution in [0.2, 0.25) is 0 Å². The molecular weight excluding hydrogens is 343 g/mol. The Morgan fingerprint density at radius 2 is 1.17 bits per heavy atom. The number of phenolic OH excluding ortho intramolecular Hbond substituents is 4. The van der Waals surface area contributed by atoms with Crippen molar-refractivity contribution in [2.24, 2.45) is 0 Å². The van der Waals surface area contributed by atoms with Crippen molar-refractivity contribution in [2.45, 2.75) is 0 Å². The van der Waals surface area contributed by atoms with Crippen molar-refractivity contribution in [3.05, 3.63) is 8.04 Å². The molecule has 4 N–H and O–H groups in total. The van der Waals surface area contributed by atoms with Gasteiger partial charge in [0.05, 0.1) is 0 Å². The zero-order valence-corrected chi connectivity index (χ0v) is 9.29. The van der Waals surface area contributed by atoms with Crippen LogP contribution >= 0.6 is 38.5 Å². The van der Waals surface area contributed by atoms with E-state index in [0.717, 1.165) is 0 Å². The van der Waals surface area contributed by atoms with E-state index < -0.39 is 23.0 Å². The van der Waals surface area contributed by atoms with Gasteiger partial charge in [0.15, 0.2) is 23.0 Å². The van der Waals surface area contributed by atoms with Crippen LogP contribution in [0.3, 0.4) is 0 Å². The first-order valence-electron chi connectivity index (χ1n) is 2.77.